The molecule has 0 spiro atoms. The Hall–Kier alpha value is -3.45. The summed E-state index contributed by atoms with van der Waals surface area (Å²) < 4.78 is 7.43. The fourth-order valence-electron chi connectivity index (χ4n) is 4.08. The van der Waals surface area contributed by atoms with Gasteiger partial charge in [-0.25, -0.2) is 9.67 Å². The van der Waals surface area contributed by atoms with Crippen molar-refractivity contribution in [1.82, 2.24) is 4.68 Å². The molecule has 5 rings (SSSR count). The molecule has 0 bridgehead atoms. The highest BCUT2D eigenvalue weighted by Gasteiger charge is 2.18. The summed E-state index contributed by atoms with van der Waals surface area (Å²) in [6.45, 7) is 4.21. The van der Waals surface area contributed by atoms with Crippen molar-refractivity contribution in [2.24, 2.45) is 16.0 Å². The molecule has 0 radical (unpaired) electrons. The molecular weight excluding hydrogens is 432 g/mol. The van der Waals surface area contributed by atoms with Gasteiger partial charge in [-0.15, -0.1) is 11.3 Å². The number of carbonyl (C=O) groups excluding carboxylic acids is 1. The van der Waals surface area contributed by atoms with Crippen LogP contribution in [0.3, 0.4) is 0 Å². The molecule has 6 nitrogen and oxygen atoms in total. The first-order chi connectivity index (χ1) is 16.1. The maximum Gasteiger partial charge on any atom is 0.262 e. The average Bonchev–Trinajstić information content (AvgIpc) is 3.22. The van der Waals surface area contributed by atoms with Gasteiger partial charge < -0.3 is 10.1 Å². The van der Waals surface area contributed by atoms with E-state index in [0.29, 0.717) is 17.4 Å². The number of hydrogen-bond acceptors (Lipinski definition) is 5. The third kappa shape index (κ3) is 4.68. The van der Waals surface area contributed by atoms with Gasteiger partial charge in [-0.1, -0.05) is 29.8 Å². The largest absolute Gasteiger partial charge is 0.482 e. The molecule has 0 saturated carbocycles. The van der Waals surface area contributed by atoms with Gasteiger partial charge >= 0.3 is 0 Å². The minimum Gasteiger partial charge on any atom is -0.482 e. The predicted molar refractivity (Wildman–Crippen MR) is 133 cm³/mol. The fourth-order valence-corrected chi connectivity index (χ4v) is 4.93. The number of aryl methyl sites for hydroxylation is 2. The van der Waals surface area contributed by atoms with Crippen LogP contribution in [0, 0.1) is 19.8 Å². The Labute approximate surface area is 197 Å². The molecule has 1 amide bonds. The Balaban J connectivity index is 1.60. The lowest BCUT2D eigenvalue weighted by molar-refractivity contribution is -0.118. The van der Waals surface area contributed by atoms with Crippen molar-refractivity contribution in [3.63, 3.8) is 0 Å². The van der Waals surface area contributed by atoms with E-state index in [1.165, 1.54) is 5.56 Å². The van der Waals surface area contributed by atoms with Crippen LogP contribution in [0.2, 0.25) is 0 Å². The van der Waals surface area contributed by atoms with Crippen LogP contribution in [0.15, 0.2) is 64.0 Å². The Kier molecular flexibility index (Phi) is 5.96. The number of nitrogens with zero attached hydrogens (tertiary/aromatic N) is 3. The molecule has 1 aliphatic carbocycles. The zero-order chi connectivity index (χ0) is 22.8. The number of rotatable bonds is 4. The summed E-state index contributed by atoms with van der Waals surface area (Å²) in [7, 11) is 0. The van der Waals surface area contributed by atoms with Gasteiger partial charge in [-0.2, -0.15) is 5.10 Å². The topological polar surface area (TPSA) is 68.0 Å². The first-order valence-electron chi connectivity index (χ1n) is 11.2. The van der Waals surface area contributed by atoms with Crippen molar-refractivity contribution in [2.45, 2.75) is 33.1 Å². The number of thiazole rings is 1. The van der Waals surface area contributed by atoms with E-state index in [2.05, 4.69) is 54.9 Å². The highest BCUT2D eigenvalue weighted by Crippen LogP contribution is 2.33. The lowest BCUT2D eigenvalue weighted by Crippen LogP contribution is -2.25. The molecule has 33 heavy (non-hydrogen) atoms. The minimum absolute atomic E-state index is 0.0455. The molecule has 1 atom stereocenters. The molecule has 2 aliphatic rings. The zero-order valence-corrected chi connectivity index (χ0v) is 19.6. The van der Waals surface area contributed by atoms with Gasteiger partial charge in [0, 0.05) is 17.2 Å². The first kappa shape index (κ1) is 21.4. The summed E-state index contributed by atoms with van der Waals surface area (Å²) in [6, 6.07) is 12.1. The Morgan fingerprint density at radius 2 is 2.09 bits per heavy atom. The predicted octanol–water partition coefficient (Wildman–Crippen LogP) is 5.59. The molecular formula is C26H26N4O2S. The summed E-state index contributed by atoms with van der Waals surface area (Å²) in [5, 5.41) is 9.85. The SMILES string of the molecule is Cc1ccc(N=c2scc(-c3ccc4c(c3)NC(=O)CO4)n2N=CC2CC=CCC2)c(C)c1. The number of amides is 1. The van der Waals surface area contributed by atoms with Gasteiger partial charge in [-0.3, -0.25) is 4.79 Å². The van der Waals surface area contributed by atoms with Gasteiger partial charge in [-0.05, 0) is 68.9 Å². The number of allylic oxidation sites excluding steroid dienone is 2. The van der Waals surface area contributed by atoms with Gasteiger partial charge in [0.05, 0.1) is 17.1 Å². The number of fused-ring (bicyclic) bond motifs is 1. The Bertz CT molecular complexity index is 1330. The zero-order valence-electron chi connectivity index (χ0n) is 18.7. The minimum atomic E-state index is -0.147. The molecule has 2 heterocycles. The van der Waals surface area contributed by atoms with Crippen LogP contribution in [0.1, 0.15) is 30.4 Å². The van der Waals surface area contributed by atoms with Crippen LogP contribution in [-0.2, 0) is 4.79 Å². The van der Waals surface area contributed by atoms with Crippen LogP contribution >= 0.6 is 11.3 Å². The molecule has 0 saturated heterocycles. The number of aromatic nitrogens is 1. The van der Waals surface area contributed by atoms with Crippen LogP contribution in [-0.4, -0.2) is 23.4 Å². The van der Waals surface area contributed by atoms with Crippen LogP contribution in [0.4, 0.5) is 11.4 Å². The maximum atomic E-state index is 11.8. The monoisotopic (exact) mass is 458 g/mol. The lowest BCUT2D eigenvalue weighted by atomic mass is 9.96. The number of hydrogen-bond donors (Lipinski definition) is 1. The summed E-state index contributed by atoms with van der Waals surface area (Å²) >= 11 is 1.55. The van der Waals surface area contributed by atoms with Crippen LogP contribution in [0.5, 0.6) is 5.75 Å². The fraction of sp³-hybridized carbons (Fsp3) is 0.269. The number of ether oxygens (including phenoxy) is 1. The number of carbonyl (C=O) groups is 1. The van der Waals surface area contributed by atoms with Crippen molar-refractivity contribution >= 4 is 34.8 Å². The van der Waals surface area contributed by atoms with E-state index in [1.807, 2.05) is 29.1 Å². The molecule has 0 fully saturated rings. The van der Waals surface area contributed by atoms with Crippen LogP contribution < -0.4 is 14.9 Å². The third-order valence-electron chi connectivity index (χ3n) is 5.86. The summed E-state index contributed by atoms with van der Waals surface area (Å²) in [5.41, 5.74) is 5.83. The third-order valence-corrected chi connectivity index (χ3v) is 6.68. The molecule has 3 aromatic rings. The van der Waals surface area contributed by atoms with Gasteiger partial charge in [0.1, 0.15) is 5.75 Å². The quantitative estimate of drug-likeness (QED) is 0.409. The molecule has 2 aromatic carbocycles. The second-order valence-corrected chi connectivity index (χ2v) is 9.31. The molecule has 1 unspecified atom stereocenters. The normalized spacial score (nSPS) is 18.3. The van der Waals surface area contributed by atoms with Gasteiger partial charge in [0.25, 0.3) is 5.91 Å². The molecule has 1 aliphatic heterocycles. The highest BCUT2D eigenvalue weighted by molar-refractivity contribution is 7.07. The van der Waals surface area contributed by atoms with Crippen molar-refractivity contribution < 1.29 is 9.53 Å². The highest BCUT2D eigenvalue weighted by atomic mass is 32.1. The van der Waals surface area contributed by atoms with E-state index in [0.717, 1.165) is 46.6 Å². The maximum absolute atomic E-state index is 11.8. The number of benzene rings is 2. The summed E-state index contributed by atoms with van der Waals surface area (Å²) in [5.74, 6) is 0.949. The van der Waals surface area contributed by atoms with E-state index < -0.39 is 0 Å². The van der Waals surface area contributed by atoms with Crippen molar-refractivity contribution in [3.8, 4) is 17.0 Å². The molecule has 1 aromatic heterocycles. The van der Waals surface area contributed by atoms with Gasteiger partial charge in [0.2, 0.25) is 4.80 Å². The van der Waals surface area contributed by atoms with Crippen molar-refractivity contribution in [2.75, 3.05) is 11.9 Å². The second-order valence-electron chi connectivity index (χ2n) is 8.47. The molecule has 1 N–H and O–H groups in total. The van der Waals surface area contributed by atoms with Gasteiger partial charge in [0.15, 0.2) is 6.61 Å². The molecule has 7 heteroatoms. The second kappa shape index (κ2) is 9.19. The first-order valence-corrected chi connectivity index (χ1v) is 12.0. The Morgan fingerprint density at radius 3 is 2.91 bits per heavy atom. The number of anilines is 1. The number of nitrogens with one attached hydrogen (secondary N) is 1. The van der Waals surface area contributed by atoms with Crippen LogP contribution in [0.25, 0.3) is 11.3 Å². The standard InChI is InChI=1S/C26H26N4O2S/c1-17-8-10-21(18(2)12-17)29-26-30(27-14-19-6-4-3-5-7-19)23(16-33-26)20-9-11-24-22(13-20)28-25(31)15-32-24/h3-4,8-14,16,19H,5-7,15H2,1-2H3,(H,28,31). The average molecular weight is 459 g/mol. The smallest absolute Gasteiger partial charge is 0.262 e. The van der Waals surface area contributed by atoms with E-state index >= 15 is 0 Å². The van der Waals surface area contributed by atoms with E-state index in [9.17, 15) is 4.79 Å². The Morgan fingerprint density at radius 1 is 1.18 bits per heavy atom. The van der Waals surface area contributed by atoms with E-state index in [1.54, 1.807) is 11.3 Å². The van der Waals surface area contributed by atoms with Crippen molar-refractivity contribution in [3.05, 3.63) is 69.9 Å². The van der Waals surface area contributed by atoms with E-state index in [4.69, 9.17) is 14.8 Å². The summed E-state index contributed by atoms with van der Waals surface area (Å²) in [6.07, 6.45) is 9.71. The van der Waals surface area contributed by atoms with E-state index in [-0.39, 0.29) is 12.5 Å². The lowest BCUT2D eigenvalue weighted by Gasteiger charge is -2.18. The molecule has 168 valence electrons. The van der Waals surface area contributed by atoms with Crippen molar-refractivity contribution in [1.29, 1.82) is 0 Å². The summed E-state index contributed by atoms with van der Waals surface area (Å²) in [4.78, 5) is 17.6.